The van der Waals surface area contributed by atoms with Crippen molar-refractivity contribution in [2.45, 2.75) is 50.7 Å². The molecule has 3 aromatic carbocycles. The molecule has 0 aliphatic carbocycles. The highest BCUT2D eigenvalue weighted by Crippen LogP contribution is 2.25. The van der Waals surface area contributed by atoms with E-state index in [1.807, 2.05) is 45.0 Å². The highest BCUT2D eigenvalue weighted by molar-refractivity contribution is 9.10. The van der Waals surface area contributed by atoms with Crippen LogP contribution in [-0.2, 0) is 26.2 Å². The normalized spacial score (nSPS) is 12.5. The predicted octanol–water partition coefficient (Wildman–Crippen LogP) is 5.12. The quantitative estimate of drug-likeness (QED) is 0.368. The van der Waals surface area contributed by atoms with Gasteiger partial charge in [-0.2, -0.15) is 0 Å². The Morgan fingerprint density at radius 2 is 1.53 bits per heavy atom. The van der Waals surface area contributed by atoms with Crippen LogP contribution in [0.4, 0.5) is 10.1 Å². The van der Waals surface area contributed by atoms with Gasteiger partial charge >= 0.3 is 0 Å². The molecule has 0 spiro atoms. The topological polar surface area (TPSA) is 86.8 Å². The highest BCUT2D eigenvalue weighted by Gasteiger charge is 2.33. The first-order valence-corrected chi connectivity index (χ1v) is 14.2. The zero-order chi connectivity index (χ0) is 28.1. The molecular formula is C28H31BrFN3O4S. The molecule has 38 heavy (non-hydrogen) atoms. The Morgan fingerprint density at radius 1 is 0.947 bits per heavy atom. The number of rotatable bonds is 9. The van der Waals surface area contributed by atoms with Crippen molar-refractivity contribution in [2.24, 2.45) is 0 Å². The van der Waals surface area contributed by atoms with Gasteiger partial charge in [0.15, 0.2) is 0 Å². The van der Waals surface area contributed by atoms with Crippen LogP contribution in [0, 0.1) is 5.82 Å². The van der Waals surface area contributed by atoms with Gasteiger partial charge in [-0.25, -0.2) is 12.8 Å². The van der Waals surface area contributed by atoms with Crippen molar-refractivity contribution in [3.63, 3.8) is 0 Å². The number of halogens is 2. The fourth-order valence-corrected chi connectivity index (χ4v) is 5.40. The maximum Gasteiger partial charge on any atom is 0.264 e. The van der Waals surface area contributed by atoms with E-state index in [0.29, 0.717) is 0 Å². The van der Waals surface area contributed by atoms with Gasteiger partial charge in [0.25, 0.3) is 10.0 Å². The van der Waals surface area contributed by atoms with Crippen LogP contribution in [0.15, 0.2) is 88.2 Å². The van der Waals surface area contributed by atoms with Crippen molar-refractivity contribution in [2.75, 3.05) is 10.8 Å². The summed E-state index contributed by atoms with van der Waals surface area (Å²) in [6.07, 6.45) is 0. The molecule has 3 aromatic rings. The van der Waals surface area contributed by atoms with Crippen LogP contribution >= 0.6 is 15.9 Å². The van der Waals surface area contributed by atoms with Crippen LogP contribution in [-0.4, -0.2) is 43.3 Å². The van der Waals surface area contributed by atoms with E-state index in [2.05, 4.69) is 21.2 Å². The average Bonchev–Trinajstić information content (AvgIpc) is 2.86. The monoisotopic (exact) mass is 603 g/mol. The Balaban J connectivity index is 2.01. The maximum absolute atomic E-state index is 13.8. The van der Waals surface area contributed by atoms with Gasteiger partial charge in [-0.05, 0) is 81.8 Å². The van der Waals surface area contributed by atoms with E-state index in [1.165, 1.54) is 29.2 Å². The number of nitrogens with zero attached hydrogens (tertiary/aromatic N) is 2. The van der Waals surface area contributed by atoms with Crippen LogP contribution in [0.1, 0.15) is 33.3 Å². The summed E-state index contributed by atoms with van der Waals surface area (Å²) in [5.74, 6) is -1.50. The van der Waals surface area contributed by atoms with Crippen LogP contribution in [0.2, 0.25) is 0 Å². The van der Waals surface area contributed by atoms with Crippen molar-refractivity contribution in [3.8, 4) is 0 Å². The van der Waals surface area contributed by atoms with Crippen molar-refractivity contribution in [3.05, 3.63) is 94.7 Å². The number of sulfonamides is 1. The lowest BCUT2D eigenvalue weighted by Crippen LogP contribution is -2.54. The largest absolute Gasteiger partial charge is 0.350 e. The van der Waals surface area contributed by atoms with Crippen LogP contribution < -0.4 is 9.62 Å². The number of carbonyl (C=O) groups excluding carboxylic acids is 2. The van der Waals surface area contributed by atoms with E-state index in [-0.39, 0.29) is 23.0 Å². The minimum Gasteiger partial charge on any atom is -0.350 e. The summed E-state index contributed by atoms with van der Waals surface area (Å²) in [6, 6.07) is 18.9. The molecule has 202 valence electrons. The van der Waals surface area contributed by atoms with Gasteiger partial charge in [0.2, 0.25) is 11.8 Å². The van der Waals surface area contributed by atoms with Gasteiger partial charge in [-0.3, -0.25) is 13.9 Å². The Bertz CT molecular complexity index is 1360. The van der Waals surface area contributed by atoms with Gasteiger partial charge in [0, 0.05) is 16.6 Å². The lowest BCUT2D eigenvalue weighted by molar-refractivity contribution is -0.140. The summed E-state index contributed by atoms with van der Waals surface area (Å²) in [5.41, 5.74) is 0.351. The average molecular weight is 605 g/mol. The summed E-state index contributed by atoms with van der Waals surface area (Å²) in [6.45, 7) is 6.59. The zero-order valence-electron chi connectivity index (χ0n) is 21.7. The third kappa shape index (κ3) is 7.64. The molecule has 1 N–H and O–H groups in total. The molecule has 10 heteroatoms. The molecule has 7 nitrogen and oxygen atoms in total. The van der Waals surface area contributed by atoms with E-state index in [1.54, 1.807) is 25.1 Å². The molecule has 3 rings (SSSR count). The van der Waals surface area contributed by atoms with E-state index < -0.39 is 39.9 Å². The second kappa shape index (κ2) is 12.1. The molecule has 0 fully saturated rings. The second-order valence-corrected chi connectivity index (χ2v) is 12.6. The molecule has 1 atom stereocenters. The second-order valence-electron chi connectivity index (χ2n) is 9.86. The summed E-state index contributed by atoms with van der Waals surface area (Å²) < 4.78 is 42.7. The molecule has 0 aliphatic heterocycles. The Labute approximate surface area is 231 Å². The van der Waals surface area contributed by atoms with Gasteiger partial charge in [-0.1, -0.05) is 46.3 Å². The fraction of sp³-hybridized carbons (Fsp3) is 0.286. The van der Waals surface area contributed by atoms with Crippen LogP contribution in [0.5, 0.6) is 0 Å². The first-order valence-electron chi connectivity index (χ1n) is 12.0. The molecule has 0 aromatic heterocycles. The Kier molecular flexibility index (Phi) is 9.32. The summed E-state index contributed by atoms with van der Waals surface area (Å²) in [4.78, 5) is 28.2. The summed E-state index contributed by atoms with van der Waals surface area (Å²) in [7, 11) is -4.19. The molecule has 0 saturated carbocycles. The number of amides is 2. The first-order chi connectivity index (χ1) is 17.8. The number of anilines is 1. The molecule has 0 aliphatic rings. The molecular weight excluding hydrogens is 573 g/mol. The van der Waals surface area contributed by atoms with E-state index in [0.717, 1.165) is 26.5 Å². The SMILES string of the molecule is C[C@H](C(=O)NC(C)(C)C)N(Cc1ccc(Br)cc1)C(=O)CN(c1ccc(F)cc1)S(=O)(=O)c1ccccc1. The van der Waals surface area contributed by atoms with E-state index in [9.17, 15) is 22.4 Å². The lowest BCUT2D eigenvalue weighted by atomic mass is 10.1. The number of benzene rings is 3. The van der Waals surface area contributed by atoms with Crippen molar-refractivity contribution in [1.29, 1.82) is 0 Å². The van der Waals surface area contributed by atoms with Crippen LogP contribution in [0.3, 0.4) is 0 Å². The Morgan fingerprint density at radius 3 is 2.08 bits per heavy atom. The third-order valence-corrected chi connectivity index (χ3v) is 7.97. The zero-order valence-corrected chi connectivity index (χ0v) is 24.1. The first kappa shape index (κ1) is 29.3. The molecule has 0 radical (unpaired) electrons. The summed E-state index contributed by atoms with van der Waals surface area (Å²) >= 11 is 3.39. The Hall–Kier alpha value is -3.24. The third-order valence-electron chi connectivity index (χ3n) is 5.66. The van der Waals surface area contributed by atoms with Crippen molar-refractivity contribution >= 4 is 43.5 Å². The van der Waals surface area contributed by atoms with Gasteiger partial charge in [0.1, 0.15) is 18.4 Å². The smallest absolute Gasteiger partial charge is 0.264 e. The standard InChI is InChI=1S/C28H31BrFN3O4S/c1-20(27(35)31-28(2,3)4)32(18-21-10-12-22(29)13-11-21)26(34)19-33(24-16-14-23(30)15-17-24)38(36,37)25-8-6-5-7-9-25/h5-17,20H,18-19H2,1-4H3,(H,31,35)/t20-/m1/s1. The van der Waals surface area contributed by atoms with Crippen molar-refractivity contribution < 1.29 is 22.4 Å². The maximum atomic E-state index is 13.8. The molecule has 0 unspecified atom stereocenters. The molecule has 0 saturated heterocycles. The number of carbonyl (C=O) groups is 2. The predicted molar refractivity (Wildman–Crippen MR) is 149 cm³/mol. The highest BCUT2D eigenvalue weighted by atomic mass is 79.9. The lowest BCUT2D eigenvalue weighted by Gasteiger charge is -2.33. The number of hydrogen-bond acceptors (Lipinski definition) is 4. The molecule has 0 heterocycles. The van der Waals surface area contributed by atoms with Gasteiger partial charge in [-0.15, -0.1) is 0 Å². The van der Waals surface area contributed by atoms with E-state index in [4.69, 9.17) is 0 Å². The number of hydrogen-bond donors (Lipinski definition) is 1. The van der Waals surface area contributed by atoms with Crippen molar-refractivity contribution in [1.82, 2.24) is 10.2 Å². The summed E-state index contributed by atoms with van der Waals surface area (Å²) in [5, 5.41) is 2.88. The fourth-order valence-electron chi connectivity index (χ4n) is 3.70. The number of nitrogens with one attached hydrogen (secondary N) is 1. The van der Waals surface area contributed by atoms with Crippen LogP contribution in [0.25, 0.3) is 0 Å². The van der Waals surface area contributed by atoms with Gasteiger partial charge in [0.05, 0.1) is 10.6 Å². The molecule has 0 bridgehead atoms. The minimum absolute atomic E-state index is 0.0184. The molecule has 2 amide bonds. The minimum atomic E-state index is -4.19. The van der Waals surface area contributed by atoms with E-state index >= 15 is 0 Å². The van der Waals surface area contributed by atoms with Gasteiger partial charge < -0.3 is 10.2 Å².